The maximum absolute atomic E-state index is 5.61. The lowest BCUT2D eigenvalue weighted by Gasteiger charge is -2.03. The van der Waals surface area contributed by atoms with E-state index in [1.807, 2.05) is 13.0 Å². The summed E-state index contributed by atoms with van der Waals surface area (Å²) in [7, 11) is 0. The molecule has 0 saturated carbocycles. The highest BCUT2D eigenvalue weighted by atomic mass is 79.9. The number of nitrogens with zero attached hydrogens (tertiary/aromatic N) is 1. The predicted molar refractivity (Wildman–Crippen MR) is 60.6 cm³/mol. The van der Waals surface area contributed by atoms with Gasteiger partial charge in [0.2, 0.25) is 0 Å². The molecule has 3 rings (SSSR count). The van der Waals surface area contributed by atoms with Crippen LogP contribution in [0.15, 0.2) is 20.7 Å². The van der Waals surface area contributed by atoms with E-state index in [0.29, 0.717) is 6.61 Å². The van der Waals surface area contributed by atoms with E-state index in [-0.39, 0.29) is 5.92 Å². The van der Waals surface area contributed by atoms with Crippen LogP contribution in [0.3, 0.4) is 0 Å². The average molecular weight is 286 g/mol. The largest absolute Gasteiger partial charge is 0.491 e. The summed E-state index contributed by atoms with van der Waals surface area (Å²) in [5, 5.41) is 0. The topological polar surface area (TPSA) is 35.3 Å². The average Bonchev–Trinajstić information content (AvgIpc) is 2.81. The van der Waals surface area contributed by atoms with Crippen molar-refractivity contribution in [2.45, 2.75) is 12.8 Å². The summed E-state index contributed by atoms with van der Waals surface area (Å²) in [4.78, 5) is 5.49. The van der Waals surface area contributed by atoms with Gasteiger partial charge in [0.25, 0.3) is 0 Å². The summed E-state index contributed by atoms with van der Waals surface area (Å²) in [5.41, 5.74) is 0.989. The van der Waals surface area contributed by atoms with Crippen LogP contribution in [0.4, 0.5) is 0 Å². The van der Waals surface area contributed by atoms with Gasteiger partial charge in [-0.2, -0.15) is 0 Å². The first-order chi connectivity index (χ1) is 7.25. The number of halogens is 1. The van der Waals surface area contributed by atoms with Crippen molar-refractivity contribution in [1.29, 1.82) is 0 Å². The third-order valence-corrected chi connectivity index (χ3v) is 4.26. The van der Waals surface area contributed by atoms with E-state index >= 15 is 0 Å². The number of rotatable bonds is 1. The third kappa shape index (κ3) is 1.41. The normalized spacial score (nSPS) is 18.9. The zero-order valence-corrected chi connectivity index (χ0v) is 10.4. The van der Waals surface area contributed by atoms with Crippen molar-refractivity contribution >= 4 is 27.3 Å². The molecule has 0 radical (unpaired) electrons. The third-order valence-electron chi connectivity index (χ3n) is 2.53. The van der Waals surface area contributed by atoms with Crippen LogP contribution in [0, 0.1) is 6.92 Å². The molecule has 0 N–H and O–H groups in total. The van der Waals surface area contributed by atoms with Crippen molar-refractivity contribution in [1.82, 2.24) is 4.98 Å². The zero-order valence-electron chi connectivity index (χ0n) is 7.99. The second-order valence-electron chi connectivity index (χ2n) is 3.44. The maximum Gasteiger partial charge on any atom is 0.181 e. The second-order valence-corrected chi connectivity index (χ2v) is 5.90. The van der Waals surface area contributed by atoms with Gasteiger partial charge >= 0.3 is 0 Å². The van der Waals surface area contributed by atoms with Crippen LogP contribution < -0.4 is 4.74 Å². The monoisotopic (exact) mass is 285 g/mol. The molecule has 0 aliphatic carbocycles. The lowest BCUT2D eigenvalue weighted by Crippen LogP contribution is -2.03. The summed E-state index contributed by atoms with van der Waals surface area (Å²) >= 11 is 5.16. The van der Waals surface area contributed by atoms with Gasteiger partial charge in [0.1, 0.15) is 18.1 Å². The first kappa shape index (κ1) is 9.42. The summed E-state index contributed by atoms with van der Waals surface area (Å²) in [6.07, 6.45) is 1.49. The van der Waals surface area contributed by atoms with E-state index in [1.54, 1.807) is 11.3 Å². The Balaban J connectivity index is 2.07. The van der Waals surface area contributed by atoms with E-state index in [9.17, 15) is 0 Å². The highest BCUT2D eigenvalue weighted by Gasteiger charge is 2.31. The molecular weight excluding hydrogens is 278 g/mol. The quantitative estimate of drug-likeness (QED) is 0.806. The minimum Gasteiger partial charge on any atom is -0.491 e. The molecular formula is C10H8BrNO2S. The Morgan fingerprint density at radius 3 is 3.20 bits per heavy atom. The summed E-state index contributed by atoms with van der Waals surface area (Å²) in [6.45, 7) is 2.60. The first-order valence-corrected chi connectivity index (χ1v) is 6.18. The number of oxazole rings is 1. The highest BCUT2D eigenvalue weighted by Crippen LogP contribution is 2.45. The van der Waals surface area contributed by atoms with Gasteiger partial charge < -0.3 is 9.15 Å². The summed E-state index contributed by atoms with van der Waals surface area (Å²) in [5.74, 6) is 2.08. The molecule has 0 bridgehead atoms. The van der Waals surface area contributed by atoms with Gasteiger partial charge in [0.15, 0.2) is 6.39 Å². The molecule has 0 spiro atoms. The van der Waals surface area contributed by atoms with Gasteiger partial charge in [-0.15, -0.1) is 11.3 Å². The Labute approximate surface area is 99.2 Å². The molecule has 1 aliphatic heterocycles. The van der Waals surface area contributed by atoms with Crippen molar-refractivity contribution in [3.63, 3.8) is 0 Å². The molecule has 3 nitrogen and oxygen atoms in total. The fourth-order valence-corrected chi connectivity index (χ4v) is 3.46. The molecule has 2 aromatic rings. The zero-order chi connectivity index (χ0) is 10.4. The molecule has 15 heavy (non-hydrogen) atoms. The van der Waals surface area contributed by atoms with Gasteiger partial charge in [0.05, 0.1) is 20.3 Å². The molecule has 1 unspecified atom stereocenters. The second kappa shape index (κ2) is 3.35. The Morgan fingerprint density at radius 2 is 2.47 bits per heavy atom. The minimum absolute atomic E-state index is 0.232. The van der Waals surface area contributed by atoms with E-state index in [4.69, 9.17) is 9.15 Å². The number of aryl methyl sites for hydroxylation is 1. The van der Waals surface area contributed by atoms with Crippen LogP contribution in [0.1, 0.15) is 22.2 Å². The van der Waals surface area contributed by atoms with E-state index < -0.39 is 0 Å². The fourth-order valence-electron chi connectivity index (χ4n) is 1.82. The Morgan fingerprint density at radius 1 is 1.60 bits per heavy atom. The molecule has 0 saturated heterocycles. The van der Waals surface area contributed by atoms with E-state index in [2.05, 4.69) is 20.9 Å². The molecule has 5 heteroatoms. The molecule has 0 amide bonds. The van der Waals surface area contributed by atoms with Gasteiger partial charge in [-0.05, 0) is 22.9 Å². The van der Waals surface area contributed by atoms with Crippen LogP contribution in [-0.2, 0) is 0 Å². The van der Waals surface area contributed by atoms with Crippen LogP contribution >= 0.6 is 27.3 Å². The van der Waals surface area contributed by atoms with Crippen LogP contribution in [0.2, 0.25) is 0 Å². The number of aromatic nitrogens is 1. The predicted octanol–water partition coefficient (Wildman–Crippen LogP) is 3.33. The Hall–Kier alpha value is -0.810. The molecule has 3 heterocycles. The van der Waals surface area contributed by atoms with Crippen molar-refractivity contribution in [3.8, 4) is 5.75 Å². The van der Waals surface area contributed by atoms with E-state index in [0.717, 1.165) is 21.0 Å². The van der Waals surface area contributed by atoms with Crippen molar-refractivity contribution in [2.75, 3.05) is 6.61 Å². The minimum atomic E-state index is 0.232. The molecule has 0 aromatic carbocycles. The molecule has 1 aliphatic rings. The number of hydrogen-bond acceptors (Lipinski definition) is 4. The van der Waals surface area contributed by atoms with Crippen molar-refractivity contribution in [2.24, 2.45) is 0 Å². The molecule has 2 aromatic heterocycles. The smallest absolute Gasteiger partial charge is 0.181 e. The molecule has 1 atom stereocenters. The number of fused-ring (bicyclic) bond motifs is 1. The Kier molecular flexibility index (Phi) is 2.10. The number of ether oxygens (including phenoxy) is 1. The maximum atomic E-state index is 5.61. The van der Waals surface area contributed by atoms with Crippen LogP contribution in [-0.4, -0.2) is 11.6 Å². The first-order valence-electron chi connectivity index (χ1n) is 4.57. The lowest BCUT2D eigenvalue weighted by atomic mass is 10.1. The standard InChI is InChI=1S/C10H8BrNO2S/c1-5-9(12-4-14-5)6-3-13-7-2-8(11)15-10(6)7/h2,4,6H,3H2,1H3. The van der Waals surface area contributed by atoms with Crippen LogP contribution in [0.5, 0.6) is 5.75 Å². The number of thiophene rings is 1. The van der Waals surface area contributed by atoms with Crippen molar-refractivity contribution < 1.29 is 9.15 Å². The molecule has 0 fully saturated rings. The Bertz CT molecular complexity index is 505. The summed E-state index contributed by atoms with van der Waals surface area (Å²) < 4.78 is 11.9. The van der Waals surface area contributed by atoms with Gasteiger partial charge in [-0.3, -0.25) is 0 Å². The fraction of sp³-hybridized carbons (Fsp3) is 0.300. The van der Waals surface area contributed by atoms with Gasteiger partial charge in [-0.25, -0.2) is 4.98 Å². The summed E-state index contributed by atoms with van der Waals surface area (Å²) in [6, 6.07) is 2.01. The van der Waals surface area contributed by atoms with Crippen LogP contribution in [0.25, 0.3) is 0 Å². The van der Waals surface area contributed by atoms with Gasteiger partial charge in [0, 0.05) is 6.07 Å². The lowest BCUT2D eigenvalue weighted by molar-refractivity contribution is 0.340. The van der Waals surface area contributed by atoms with E-state index in [1.165, 1.54) is 11.3 Å². The number of hydrogen-bond donors (Lipinski definition) is 0. The van der Waals surface area contributed by atoms with Crippen molar-refractivity contribution in [3.05, 3.63) is 32.6 Å². The molecule has 78 valence electrons. The highest BCUT2D eigenvalue weighted by molar-refractivity contribution is 9.11. The van der Waals surface area contributed by atoms with Gasteiger partial charge in [-0.1, -0.05) is 0 Å². The SMILES string of the molecule is Cc1ocnc1C1COc2cc(Br)sc21.